The lowest BCUT2D eigenvalue weighted by atomic mass is 10.0. The number of thiophene rings is 1. The molecule has 102 valence electrons. The molecule has 0 unspecified atom stereocenters. The number of nitrogens with two attached hydrogens (primary N) is 1. The van der Waals surface area contributed by atoms with Crippen LogP contribution in [0.15, 0.2) is 34.2 Å². The first-order chi connectivity index (χ1) is 9.56. The standard InChI is InChI=1S/C13H7ClFIN2OS/c14-9-4-7(15)1-2-8(9)11-12(18-19-13(11)17)6-3-10(16)20-5-6/h1-5H,17H2. The van der Waals surface area contributed by atoms with Crippen molar-refractivity contribution in [1.82, 2.24) is 5.16 Å². The van der Waals surface area contributed by atoms with E-state index in [1.165, 1.54) is 12.1 Å². The Balaban J connectivity index is 2.21. The summed E-state index contributed by atoms with van der Waals surface area (Å²) < 4.78 is 19.4. The maximum atomic E-state index is 13.2. The van der Waals surface area contributed by atoms with Gasteiger partial charge < -0.3 is 10.3 Å². The lowest BCUT2D eigenvalue weighted by Crippen LogP contribution is -1.89. The van der Waals surface area contributed by atoms with Crippen molar-refractivity contribution in [2.75, 3.05) is 5.73 Å². The summed E-state index contributed by atoms with van der Waals surface area (Å²) in [5.41, 5.74) is 8.54. The largest absolute Gasteiger partial charge is 0.367 e. The quantitative estimate of drug-likeness (QED) is 0.590. The number of anilines is 1. The summed E-state index contributed by atoms with van der Waals surface area (Å²) in [4.78, 5) is 0. The summed E-state index contributed by atoms with van der Waals surface area (Å²) in [6, 6.07) is 6.12. The molecule has 0 saturated carbocycles. The molecule has 0 saturated heterocycles. The number of hydrogen-bond donors (Lipinski definition) is 1. The van der Waals surface area contributed by atoms with Crippen LogP contribution in [0.2, 0.25) is 5.02 Å². The Morgan fingerprint density at radius 3 is 2.80 bits per heavy atom. The maximum absolute atomic E-state index is 13.2. The molecule has 0 radical (unpaired) electrons. The zero-order chi connectivity index (χ0) is 14.3. The average Bonchev–Trinajstić information content (AvgIpc) is 2.96. The second-order valence-corrected chi connectivity index (χ2v) is 7.25. The molecule has 0 aliphatic rings. The number of halogens is 3. The lowest BCUT2D eigenvalue weighted by molar-refractivity contribution is 0.439. The van der Waals surface area contributed by atoms with Crippen LogP contribution in [0.3, 0.4) is 0 Å². The van der Waals surface area contributed by atoms with E-state index in [2.05, 4.69) is 27.7 Å². The molecule has 2 N–H and O–H groups in total. The predicted octanol–water partition coefficient (Wildman–Crippen LogP) is 5.05. The maximum Gasteiger partial charge on any atom is 0.230 e. The molecule has 20 heavy (non-hydrogen) atoms. The summed E-state index contributed by atoms with van der Waals surface area (Å²) >= 11 is 9.91. The number of benzene rings is 1. The van der Waals surface area contributed by atoms with Crippen molar-refractivity contribution < 1.29 is 8.91 Å². The zero-order valence-electron chi connectivity index (χ0n) is 9.86. The minimum absolute atomic E-state index is 0.162. The number of rotatable bonds is 2. The summed E-state index contributed by atoms with van der Waals surface area (Å²) in [5.74, 6) is -0.241. The Labute approximate surface area is 136 Å². The lowest BCUT2D eigenvalue weighted by Gasteiger charge is -2.04. The molecule has 2 heterocycles. The smallest absolute Gasteiger partial charge is 0.230 e. The van der Waals surface area contributed by atoms with Crippen molar-refractivity contribution in [3.8, 4) is 22.4 Å². The van der Waals surface area contributed by atoms with E-state index < -0.39 is 5.82 Å². The fourth-order valence-corrected chi connectivity index (χ4v) is 3.48. The highest BCUT2D eigenvalue weighted by atomic mass is 127. The van der Waals surface area contributed by atoms with Gasteiger partial charge in [0.25, 0.3) is 0 Å². The van der Waals surface area contributed by atoms with Gasteiger partial charge in [-0.25, -0.2) is 4.39 Å². The van der Waals surface area contributed by atoms with Crippen LogP contribution in [0.25, 0.3) is 22.4 Å². The van der Waals surface area contributed by atoms with Gasteiger partial charge in [0.05, 0.1) is 13.5 Å². The summed E-state index contributed by atoms with van der Waals surface area (Å²) in [5, 5.41) is 6.22. The normalized spacial score (nSPS) is 10.9. The number of hydrogen-bond acceptors (Lipinski definition) is 4. The molecular formula is C13H7ClFIN2OS. The fourth-order valence-electron chi connectivity index (χ4n) is 1.89. The molecule has 0 amide bonds. The molecular weight excluding hydrogens is 414 g/mol. The van der Waals surface area contributed by atoms with Gasteiger partial charge in [-0.3, -0.25) is 0 Å². The Bertz CT molecular complexity index is 787. The second kappa shape index (κ2) is 5.34. The van der Waals surface area contributed by atoms with Crippen molar-refractivity contribution in [2.24, 2.45) is 0 Å². The molecule has 0 aliphatic heterocycles. The minimum Gasteiger partial charge on any atom is -0.367 e. The minimum atomic E-state index is -0.402. The Morgan fingerprint density at radius 2 is 2.15 bits per heavy atom. The molecule has 7 heteroatoms. The van der Waals surface area contributed by atoms with Gasteiger partial charge in [-0.15, -0.1) is 11.3 Å². The Morgan fingerprint density at radius 1 is 1.35 bits per heavy atom. The van der Waals surface area contributed by atoms with Gasteiger partial charge in [0.1, 0.15) is 11.5 Å². The van der Waals surface area contributed by atoms with E-state index >= 15 is 0 Å². The van der Waals surface area contributed by atoms with E-state index in [9.17, 15) is 4.39 Å². The van der Waals surface area contributed by atoms with Crippen molar-refractivity contribution in [3.63, 3.8) is 0 Å². The highest BCUT2D eigenvalue weighted by Crippen LogP contribution is 2.40. The molecule has 3 aromatic rings. The van der Waals surface area contributed by atoms with E-state index in [1.54, 1.807) is 17.4 Å². The SMILES string of the molecule is Nc1onc(-c2csc(I)c2)c1-c1ccc(F)cc1Cl. The number of aromatic nitrogens is 1. The van der Waals surface area contributed by atoms with Crippen molar-refractivity contribution in [1.29, 1.82) is 0 Å². The second-order valence-electron chi connectivity index (χ2n) is 4.03. The van der Waals surface area contributed by atoms with E-state index in [-0.39, 0.29) is 10.9 Å². The molecule has 1 aromatic carbocycles. The van der Waals surface area contributed by atoms with Crippen LogP contribution in [0, 0.1) is 8.70 Å². The molecule has 0 bridgehead atoms. The van der Waals surface area contributed by atoms with Crippen LogP contribution in [-0.2, 0) is 0 Å². The van der Waals surface area contributed by atoms with Crippen LogP contribution in [0.1, 0.15) is 0 Å². The summed E-state index contributed by atoms with van der Waals surface area (Å²) in [7, 11) is 0. The van der Waals surface area contributed by atoms with Gasteiger partial charge >= 0.3 is 0 Å². The third-order valence-corrected chi connectivity index (χ3v) is 4.86. The van der Waals surface area contributed by atoms with Gasteiger partial charge in [0.2, 0.25) is 5.88 Å². The Hall–Kier alpha value is -1.12. The highest BCUT2D eigenvalue weighted by Gasteiger charge is 2.20. The van der Waals surface area contributed by atoms with E-state index in [0.29, 0.717) is 16.8 Å². The Kier molecular flexibility index (Phi) is 3.70. The molecule has 3 nitrogen and oxygen atoms in total. The first kappa shape index (κ1) is 13.8. The number of nitrogen functional groups attached to an aromatic ring is 1. The van der Waals surface area contributed by atoms with Gasteiger partial charge in [0, 0.05) is 16.5 Å². The fraction of sp³-hybridized carbons (Fsp3) is 0. The van der Waals surface area contributed by atoms with E-state index in [0.717, 1.165) is 8.45 Å². The predicted molar refractivity (Wildman–Crippen MR) is 87.3 cm³/mol. The first-order valence-electron chi connectivity index (χ1n) is 5.51. The third-order valence-electron chi connectivity index (χ3n) is 2.76. The van der Waals surface area contributed by atoms with Crippen LogP contribution < -0.4 is 5.73 Å². The number of nitrogens with zero attached hydrogens (tertiary/aromatic N) is 1. The third kappa shape index (κ3) is 2.43. The van der Waals surface area contributed by atoms with Crippen molar-refractivity contribution in [3.05, 3.63) is 43.4 Å². The van der Waals surface area contributed by atoms with E-state index in [4.69, 9.17) is 21.9 Å². The van der Waals surface area contributed by atoms with Crippen LogP contribution in [0.4, 0.5) is 10.3 Å². The van der Waals surface area contributed by atoms with Crippen LogP contribution >= 0.6 is 45.5 Å². The molecule has 2 aromatic heterocycles. The van der Waals surface area contributed by atoms with Gasteiger partial charge in [0.15, 0.2) is 0 Å². The average molecular weight is 421 g/mol. The topological polar surface area (TPSA) is 52.0 Å². The highest BCUT2D eigenvalue weighted by molar-refractivity contribution is 14.1. The molecule has 3 rings (SSSR count). The molecule has 0 aliphatic carbocycles. The molecule has 0 spiro atoms. The monoisotopic (exact) mass is 420 g/mol. The van der Waals surface area contributed by atoms with Crippen LogP contribution in [-0.4, -0.2) is 5.16 Å². The summed E-state index contributed by atoms with van der Waals surface area (Å²) in [6.45, 7) is 0. The van der Waals surface area contributed by atoms with E-state index in [1.807, 2.05) is 11.4 Å². The van der Waals surface area contributed by atoms with Gasteiger partial charge in [-0.05, 0) is 46.9 Å². The first-order valence-corrected chi connectivity index (χ1v) is 7.85. The zero-order valence-corrected chi connectivity index (χ0v) is 13.6. The summed E-state index contributed by atoms with van der Waals surface area (Å²) in [6.07, 6.45) is 0. The molecule has 0 fully saturated rings. The van der Waals surface area contributed by atoms with Crippen LogP contribution in [0.5, 0.6) is 0 Å². The van der Waals surface area contributed by atoms with Gasteiger partial charge in [-0.1, -0.05) is 16.8 Å². The van der Waals surface area contributed by atoms with Crippen molar-refractivity contribution in [2.45, 2.75) is 0 Å². The van der Waals surface area contributed by atoms with Gasteiger partial charge in [-0.2, -0.15) is 0 Å². The molecule has 0 atom stereocenters. The van der Waals surface area contributed by atoms with Crippen molar-refractivity contribution >= 4 is 51.4 Å².